The van der Waals surface area contributed by atoms with Gasteiger partial charge in [0.1, 0.15) is 0 Å². The van der Waals surface area contributed by atoms with Crippen LogP contribution in [0.15, 0.2) is 48.0 Å². The molecule has 1 N–H and O–H groups in total. The minimum Gasteiger partial charge on any atom is -0.355 e. The molecule has 0 amide bonds. The lowest BCUT2D eigenvalue weighted by Gasteiger charge is -2.39. The van der Waals surface area contributed by atoms with E-state index in [0.717, 1.165) is 51.6 Å². The Morgan fingerprint density at radius 1 is 1.24 bits per heavy atom. The predicted octanol–water partition coefficient (Wildman–Crippen LogP) is 3.02. The summed E-state index contributed by atoms with van der Waals surface area (Å²) in [5.41, 5.74) is 2.99. The Labute approximate surface area is 191 Å². The normalized spacial score (nSPS) is 22.7. The van der Waals surface area contributed by atoms with Crippen molar-refractivity contribution in [2.75, 3.05) is 39.8 Å². The average molecular weight is 508 g/mol. The number of aromatic nitrogens is 2. The van der Waals surface area contributed by atoms with Gasteiger partial charge in [0, 0.05) is 58.7 Å². The highest BCUT2D eigenvalue weighted by atomic mass is 127. The summed E-state index contributed by atoms with van der Waals surface area (Å²) < 4.78 is 2.25. The number of fused-ring (bicyclic) bond motifs is 1. The van der Waals surface area contributed by atoms with Gasteiger partial charge in [-0.05, 0) is 29.9 Å². The Morgan fingerprint density at radius 3 is 2.83 bits per heavy atom. The van der Waals surface area contributed by atoms with E-state index < -0.39 is 0 Å². The highest BCUT2D eigenvalue weighted by Gasteiger charge is 2.28. The predicted molar refractivity (Wildman–Crippen MR) is 129 cm³/mol. The molecule has 1 saturated heterocycles. The van der Waals surface area contributed by atoms with E-state index in [4.69, 9.17) is 0 Å². The Kier molecular flexibility index (Phi) is 7.94. The summed E-state index contributed by atoms with van der Waals surface area (Å²) >= 11 is 0. The van der Waals surface area contributed by atoms with Gasteiger partial charge in [0.25, 0.3) is 0 Å². The molecule has 0 bridgehead atoms. The summed E-state index contributed by atoms with van der Waals surface area (Å²) in [5.74, 6) is 1.67. The molecule has 6 nitrogen and oxygen atoms in total. The van der Waals surface area contributed by atoms with Crippen LogP contribution in [0.1, 0.15) is 30.5 Å². The van der Waals surface area contributed by atoms with Crippen molar-refractivity contribution in [3.63, 3.8) is 0 Å². The van der Waals surface area contributed by atoms with Crippen molar-refractivity contribution in [2.24, 2.45) is 10.9 Å². The molecule has 7 heteroatoms. The first-order valence-electron chi connectivity index (χ1n) is 10.5. The Balaban J connectivity index is 0.00000240. The largest absolute Gasteiger partial charge is 0.355 e. The van der Waals surface area contributed by atoms with Gasteiger partial charge in [-0.1, -0.05) is 31.2 Å². The van der Waals surface area contributed by atoms with Crippen molar-refractivity contribution in [3.8, 4) is 0 Å². The van der Waals surface area contributed by atoms with E-state index in [-0.39, 0.29) is 24.0 Å². The van der Waals surface area contributed by atoms with Crippen LogP contribution in [0.5, 0.6) is 0 Å². The molecule has 158 valence electrons. The van der Waals surface area contributed by atoms with E-state index >= 15 is 0 Å². The highest BCUT2D eigenvalue weighted by molar-refractivity contribution is 14.0. The number of nitrogens with zero attached hydrogens (tertiary/aromatic N) is 5. The van der Waals surface area contributed by atoms with Crippen molar-refractivity contribution in [1.82, 2.24) is 24.7 Å². The number of guanidine groups is 1. The van der Waals surface area contributed by atoms with Gasteiger partial charge in [-0.3, -0.25) is 9.89 Å². The second-order valence-electron chi connectivity index (χ2n) is 8.06. The number of hydrogen-bond donors (Lipinski definition) is 1. The summed E-state index contributed by atoms with van der Waals surface area (Å²) in [6.45, 7) is 8.55. The van der Waals surface area contributed by atoms with Crippen LogP contribution in [0.2, 0.25) is 0 Å². The maximum absolute atomic E-state index is 4.56. The number of likely N-dealkylation sites (tertiary alicyclic amines) is 1. The average Bonchev–Trinajstić information content (AvgIpc) is 3.26. The molecule has 4 rings (SSSR count). The zero-order valence-corrected chi connectivity index (χ0v) is 19.8. The van der Waals surface area contributed by atoms with Crippen molar-refractivity contribution in [3.05, 3.63) is 54.1 Å². The molecular formula is C22H33IN6. The molecule has 0 radical (unpaired) electrons. The fraction of sp³-hybridized carbons (Fsp3) is 0.545. The van der Waals surface area contributed by atoms with Crippen molar-refractivity contribution in [1.29, 1.82) is 0 Å². The zero-order valence-electron chi connectivity index (χ0n) is 17.5. The van der Waals surface area contributed by atoms with E-state index in [0.29, 0.717) is 12.0 Å². The molecule has 1 aromatic heterocycles. The Hall–Kier alpha value is -1.61. The van der Waals surface area contributed by atoms with Crippen molar-refractivity contribution in [2.45, 2.75) is 32.4 Å². The minimum atomic E-state index is 0. The molecule has 2 atom stereocenters. The van der Waals surface area contributed by atoms with Crippen LogP contribution in [0.4, 0.5) is 0 Å². The molecule has 0 aliphatic carbocycles. The number of piperidine rings is 1. The van der Waals surface area contributed by atoms with Crippen molar-refractivity contribution < 1.29 is 0 Å². The Morgan fingerprint density at radius 2 is 2.07 bits per heavy atom. The van der Waals surface area contributed by atoms with Crippen LogP contribution >= 0.6 is 24.0 Å². The van der Waals surface area contributed by atoms with Gasteiger partial charge in [0.2, 0.25) is 0 Å². The second-order valence-corrected chi connectivity index (χ2v) is 8.06. The third-order valence-electron chi connectivity index (χ3n) is 6.26. The van der Waals surface area contributed by atoms with Gasteiger partial charge in [0.05, 0.1) is 12.4 Å². The summed E-state index contributed by atoms with van der Waals surface area (Å²) in [5, 5.41) is 3.60. The van der Waals surface area contributed by atoms with Gasteiger partial charge in [0.15, 0.2) is 5.96 Å². The van der Waals surface area contributed by atoms with Gasteiger partial charge in [-0.2, -0.15) is 0 Å². The fourth-order valence-corrected chi connectivity index (χ4v) is 4.50. The minimum absolute atomic E-state index is 0. The van der Waals surface area contributed by atoms with Crippen LogP contribution < -0.4 is 5.32 Å². The monoisotopic (exact) mass is 508 g/mol. The van der Waals surface area contributed by atoms with Crippen LogP contribution in [-0.4, -0.2) is 65.1 Å². The number of benzene rings is 1. The molecule has 2 aliphatic heterocycles. The quantitative estimate of drug-likeness (QED) is 0.392. The molecule has 2 aliphatic rings. The molecule has 29 heavy (non-hydrogen) atoms. The number of nitrogens with one attached hydrogen (secondary N) is 1. The van der Waals surface area contributed by atoms with E-state index in [1.807, 2.05) is 19.6 Å². The topological polar surface area (TPSA) is 48.7 Å². The number of rotatable bonds is 4. The van der Waals surface area contributed by atoms with E-state index in [1.165, 1.54) is 17.5 Å². The lowest BCUT2D eigenvalue weighted by molar-refractivity contribution is 0.188. The molecule has 0 spiro atoms. The number of hydrogen-bond acceptors (Lipinski definition) is 3. The van der Waals surface area contributed by atoms with E-state index in [2.05, 4.69) is 67.0 Å². The Bertz CT molecular complexity index is 790. The summed E-state index contributed by atoms with van der Waals surface area (Å²) in [6, 6.07) is 9.28. The van der Waals surface area contributed by atoms with Gasteiger partial charge >= 0.3 is 0 Å². The third-order valence-corrected chi connectivity index (χ3v) is 6.26. The fourth-order valence-electron chi connectivity index (χ4n) is 4.50. The van der Waals surface area contributed by atoms with Gasteiger partial charge < -0.3 is 14.8 Å². The van der Waals surface area contributed by atoms with Crippen LogP contribution in [0.3, 0.4) is 0 Å². The first-order chi connectivity index (χ1) is 13.7. The highest BCUT2D eigenvalue weighted by Crippen LogP contribution is 2.27. The summed E-state index contributed by atoms with van der Waals surface area (Å²) in [4.78, 5) is 13.7. The van der Waals surface area contributed by atoms with Crippen LogP contribution in [0.25, 0.3) is 0 Å². The van der Waals surface area contributed by atoms with Crippen molar-refractivity contribution >= 4 is 29.9 Å². The number of aliphatic imine (C=N–C) groups is 1. The number of imidazole rings is 1. The molecular weight excluding hydrogens is 475 g/mol. The maximum Gasteiger partial charge on any atom is 0.193 e. The molecule has 1 aromatic carbocycles. The lowest BCUT2D eigenvalue weighted by atomic mass is 9.93. The molecule has 2 unspecified atom stereocenters. The van der Waals surface area contributed by atoms with Gasteiger partial charge in [-0.15, -0.1) is 24.0 Å². The summed E-state index contributed by atoms with van der Waals surface area (Å²) in [7, 11) is 1.89. The van der Waals surface area contributed by atoms with Crippen LogP contribution in [-0.2, 0) is 13.0 Å². The van der Waals surface area contributed by atoms with Gasteiger partial charge in [-0.25, -0.2) is 4.98 Å². The first-order valence-corrected chi connectivity index (χ1v) is 10.5. The van der Waals surface area contributed by atoms with E-state index in [1.54, 1.807) is 0 Å². The summed E-state index contributed by atoms with van der Waals surface area (Å²) in [6.07, 6.45) is 8.22. The molecule has 3 heterocycles. The third kappa shape index (κ3) is 5.31. The SMILES string of the molecule is CN=C(NCCN1CCc2ccccc2C1)N1CCC(C)C(n2ccnc2)C1.I. The lowest BCUT2D eigenvalue weighted by Crippen LogP contribution is -2.50. The first kappa shape index (κ1) is 22.1. The number of halogens is 1. The molecule has 0 saturated carbocycles. The smallest absolute Gasteiger partial charge is 0.193 e. The maximum atomic E-state index is 4.56. The molecule has 2 aromatic rings. The zero-order chi connectivity index (χ0) is 19.3. The molecule has 1 fully saturated rings. The van der Waals surface area contributed by atoms with Crippen LogP contribution in [0, 0.1) is 5.92 Å². The second kappa shape index (κ2) is 10.4. The van der Waals surface area contributed by atoms with E-state index in [9.17, 15) is 0 Å². The standard InChI is InChI=1S/C22H32N6.HI/c1-18-7-12-27(16-21(18)28-14-9-24-17-28)22(23-2)25-10-13-26-11-8-19-5-3-4-6-20(19)15-26;/h3-6,9,14,17-18,21H,7-8,10-13,15-16H2,1-2H3,(H,23,25);1H.